The van der Waals surface area contributed by atoms with Crippen molar-refractivity contribution < 1.29 is 4.79 Å². The number of hydrogen-bond donors (Lipinski definition) is 2. The zero-order valence-electron chi connectivity index (χ0n) is 10.2. The van der Waals surface area contributed by atoms with Crippen molar-refractivity contribution in [1.82, 2.24) is 5.32 Å². The third kappa shape index (κ3) is 3.91. The number of carbonyl (C=O) groups is 1. The molecule has 1 saturated carbocycles. The number of amidine groups is 1. The molecule has 0 aromatic rings. The standard InChI is InChI=1S/C12H21N3OS/c13-11(16)6-1-2-7-14-12-15-10-5-3-4-9(10)8-17-12/h9-10H,1-8H2,(H2,13,16)(H,14,15). The number of thioether (sulfide) groups is 1. The van der Waals surface area contributed by atoms with Gasteiger partial charge < -0.3 is 11.1 Å². The summed E-state index contributed by atoms with van der Waals surface area (Å²) in [6, 6.07) is 0.667. The Hall–Kier alpha value is -0.710. The number of aliphatic imine (C=N–C) groups is 1. The Morgan fingerprint density at radius 2 is 2.35 bits per heavy atom. The van der Waals surface area contributed by atoms with Crippen LogP contribution in [0.1, 0.15) is 38.5 Å². The number of primary amides is 1. The highest BCUT2D eigenvalue weighted by molar-refractivity contribution is 8.13. The summed E-state index contributed by atoms with van der Waals surface area (Å²) in [6.07, 6.45) is 6.30. The minimum atomic E-state index is -0.211. The molecule has 1 saturated heterocycles. The van der Waals surface area contributed by atoms with Crippen LogP contribution in [-0.4, -0.2) is 29.4 Å². The van der Waals surface area contributed by atoms with E-state index in [2.05, 4.69) is 10.3 Å². The number of fused-ring (bicyclic) bond motifs is 1. The van der Waals surface area contributed by atoms with Gasteiger partial charge in [-0.05, 0) is 31.6 Å². The molecular weight excluding hydrogens is 234 g/mol. The second-order valence-corrected chi connectivity index (χ2v) is 5.87. The van der Waals surface area contributed by atoms with Gasteiger partial charge in [0.25, 0.3) is 0 Å². The van der Waals surface area contributed by atoms with Crippen LogP contribution in [0.4, 0.5) is 0 Å². The van der Waals surface area contributed by atoms with Crippen LogP contribution < -0.4 is 11.1 Å². The van der Waals surface area contributed by atoms with Crippen LogP contribution in [0.3, 0.4) is 0 Å². The van der Waals surface area contributed by atoms with Crippen LogP contribution in [-0.2, 0) is 4.79 Å². The van der Waals surface area contributed by atoms with E-state index in [4.69, 9.17) is 5.73 Å². The van der Waals surface area contributed by atoms with Crippen LogP contribution in [0.15, 0.2) is 4.99 Å². The van der Waals surface area contributed by atoms with Crippen molar-refractivity contribution in [2.75, 3.05) is 12.3 Å². The van der Waals surface area contributed by atoms with E-state index in [9.17, 15) is 4.79 Å². The molecule has 4 nitrogen and oxygen atoms in total. The zero-order chi connectivity index (χ0) is 12.1. The first kappa shape index (κ1) is 12.7. The minimum Gasteiger partial charge on any atom is -0.370 e. The van der Waals surface area contributed by atoms with Crippen molar-refractivity contribution in [2.24, 2.45) is 16.6 Å². The maximum Gasteiger partial charge on any atom is 0.217 e. The van der Waals surface area contributed by atoms with Crippen molar-refractivity contribution in [3.63, 3.8) is 0 Å². The molecule has 2 atom stereocenters. The first-order valence-corrected chi connectivity index (χ1v) is 7.46. The highest BCUT2D eigenvalue weighted by Crippen LogP contribution is 2.32. The second kappa shape index (κ2) is 6.28. The monoisotopic (exact) mass is 255 g/mol. The lowest BCUT2D eigenvalue weighted by molar-refractivity contribution is -0.118. The fourth-order valence-electron chi connectivity index (χ4n) is 2.50. The van der Waals surface area contributed by atoms with Gasteiger partial charge in [0.2, 0.25) is 5.91 Å². The molecule has 0 bridgehead atoms. The molecule has 2 unspecified atom stereocenters. The SMILES string of the molecule is NC(=O)CCCCN=C1NC2CCCC2CS1. The molecule has 0 radical (unpaired) electrons. The molecule has 2 rings (SSSR count). The number of hydrogen-bond acceptors (Lipinski definition) is 3. The molecule has 96 valence electrons. The average molecular weight is 255 g/mol. The van der Waals surface area contributed by atoms with E-state index in [1.165, 1.54) is 25.0 Å². The summed E-state index contributed by atoms with van der Waals surface area (Å²) in [5.74, 6) is 1.86. The number of amides is 1. The predicted octanol–water partition coefficient (Wildman–Crippen LogP) is 1.50. The van der Waals surface area contributed by atoms with Crippen LogP contribution in [0.5, 0.6) is 0 Å². The third-order valence-electron chi connectivity index (χ3n) is 3.49. The lowest BCUT2D eigenvalue weighted by atomic mass is 10.1. The molecule has 1 aliphatic heterocycles. The normalized spacial score (nSPS) is 30.0. The maximum atomic E-state index is 10.6. The van der Waals surface area contributed by atoms with E-state index in [1.807, 2.05) is 11.8 Å². The van der Waals surface area contributed by atoms with Crippen molar-refractivity contribution in [2.45, 2.75) is 44.6 Å². The quantitative estimate of drug-likeness (QED) is 0.732. The summed E-state index contributed by atoms with van der Waals surface area (Å²) in [4.78, 5) is 15.1. The number of nitrogens with two attached hydrogens (primary N) is 1. The molecule has 1 amide bonds. The van der Waals surface area contributed by atoms with E-state index < -0.39 is 0 Å². The van der Waals surface area contributed by atoms with Gasteiger partial charge in [0.05, 0.1) is 0 Å². The average Bonchev–Trinajstić information content (AvgIpc) is 2.75. The Labute approximate surface area is 107 Å². The molecule has 2 aliphatic rings. The van der Waals surface area contributed by atoms with Gasteiger partial charge >= 0.3 is 0 Å². The highest BCUT2D eigenvalue weighted by atomic mass is 32.2. The lowest BCUT2D eigenvalue weighted by Gasteiger charge is -2.28. The van der Waals surface area contributed by atoms with Crippen LogP contribution >= 0.6 is 11.8 Å². The van der Waals surface area contributed by atoms with Crippen LogP contribution in [0.2, 0.25) is 0 Å². The largest absolute Gasteiger partial charge is 0.370 e. The Morgan fingerprint density at radius 3 is 3.18 bits per heavy atom. The Morgan fingerprint density at radius 1 is 1.47 bits per heavy atom. The minimum absolute atomic E-state index is 0.211. The molecule has 0 aromatic carbocycles. The van der Waals surface area contributed by atoms with Crippen molar-refractivity contribution in [3.05, 3.63) is 0 Å². The number of unbranched alkanes of at least 4 members (excludes halogenated alkanes) is 1. The smallest absolute Gasteiger partial charge is 0.217 e. The van der Waals surface area contributed by atoms with Crippen LogP contribution in [0, 0.1) is 5.92 Å². The van der Waals surface area contributed by atoms with E-state index in [-0.39, 0.29) is 5.91 Å². The van der Waals surface area contributed by atoms with Gasteiger partial charge in [0, 0.05) is 24.8 Å². The van der Waals surface area contributed by atoms with Gasteiger partial charge in [-0.1, -0.05) is 18.2 Å². The molecular formula is C12H21N3OS. The molecule has 1 aliphatic carbocycles. The van der Waals surface area contributed by atoms with Gasteiger partial charge in [-0.2, -0.15) is 0 Å². The number of nitrogens with zero attached hydrogens (tertiary/aromatic N) is 1. The van der Waals surface area contributed by atoms with Crippen molar-refractivity contribution >= 4 is 22.8 Å². The van der Waals surface area contributed by atoms with Gasteiger partial charge in [-0.15, -0.1) is 0 Å². The number of nitrogens with one attached hydrogen (secondary N) is 1. The summed E-state index contributed by atoms with van der Waals surface area (Å²) in [5.41, 5.74) is 5.08. The highest BCUT2D eigenvalue weighted by Gasteiger charge is 2.31. The number of carbonyl (C=O) groups excluding carboxylic acids is 1. The zero-order valence-corrected chi connectivity index (χ0v) is 11.0. The van der Waals surface area contributed by atoms with E-state index in [0.29, 0.717) is 12.5 Å². The maximum absolute atomic E-state index is 10.6. The molecule has 3 N–H and O–H groups in total. The van der Waals surface area contributed by atoms with E-state index in [0.717, 1.165) is 30.5 Å². The molecule has 17 heavy (non-hydrogen) atoms. The first-order valence-electron chi connectivity index (χ1n) is 6.48. The fourth-order valence-corrected chi connectivity index (χ4v) is 3.68. The van der Waals surface area contributed by atoms with Gasteiger partial charge in [-0.25, -0.2) is 0 Å². The van der Waals surface area contributed by atoms with E-state index >= 15 is 0 Å². The Bertz CT molecular complexity index is 306. The van der Waals surface area contributed by atoms with Crippen LogP contribution in [0.25, 0.3) is 0 Å². The molecule has 5 heteroatoms. The van der Waals surface area contributed by atoms with Gasteiger partial charge in [0.1, 0.15) is 0 Å². The van der Waals surface area contributed by atoms with Crippen molar-refractivity contribution in [1.29, 1.82) is 0 Å². The molecule has 1 heterocycles. The second-order valence-electron chi connectivity index (χ2n) is 4.86. The summed E-state index contributed by atoms with van der Waals surface area (Å²) < 4.78 is 0. The van der Waals surface area contributed by atoms with Gasteiger partial charge in [0.15, 0.2) is 5.17 Å². The molecule has 0 aromatic heterocycles. The topological polar surface area (TPSA) is 67.5 Å². The fraction of sp³-hybridized carbons (Fsp3) is 0.833. The summed E-state index contributed by atoms with van der Waals surface area (Å²) >= 11 is 1.85. The first-order chi connectivity index (χ1) is 8.25. The molecule has 2 fully saturated rings. The Balaban J connectivity index is 1.66. The summed E-state index contributed by atoms with van der Waals surface area (Å²) in [7, 11) is 0. The molecule has 0 spiro atoms. The number of rotatable bonds is 5. The van der Waals surface area contributed by atoms with E-state index in [1.54, 1.807) is 0 Å². The predicted molar refractivity (Wildman–Crippen MR) is 72.1 cm³/mol. The van der Waals surface area contributed by atoms with Crippen molar-refractivity contribution in [3.8, 4) is 0 Å². The Kier molecular flexibility index (Phi) is 4.71. The lowest BCUT2D eigenvalue weighted by Crippen LogP contribution is -2.41. The van der Waals surface area contributed by atoms with Gasteiger partial charge in [-0.3, -0.25) is 9.79 Å². The summed E-state index contributed by atoms with van der Waals surface area (Å²) in [6.45, 7) is 0.806. The summed E-state index contributed by atoms with van der Waals surface area (Å²) in [5, 5.41) is 4.64. The third-order valence-corrected chi connectivity index (χ3v) is 4.60.